The molecule has 1 aromatic rings. The zero-order valence-corrected chi connectivity index (χ0v) is 10.2. The third-order valence-electron chi connectivity index (χ3n) is 2.93. The lowest BCUT2D eigenvalue weighted by Crippen LogP contribution is -2.29. The average molecular weight is 206 g/mol. The molecule has 0 fully saturated rings. The topological polar surface area (TPSA) is 29.3 Å². The lowest BCUT2D eigenvalue weighted by Gasteiger charge is -2.28. The van der Waals surface area contributed by atoms with Gasteiger partial charge in [0, 0.05) is 13.1 Å². The van der Waals surface area contributed by atoms with E-state index in [1.54, 1.807) is 0 Å². The van der Waals surface area contributed by atoms with E-state index >= 15 is 0 Å². The van der Waals surface area contributed by atoms with E-state index in [1.807, 2.05) is 6.07 Å². The van der Waals surface area contributed by atoms with Gasteiger partial charge in [-0.05, 0) is 38.0 Å². The van der Waals surface area contributed by atoms with Crippen LogP contribution in [0.3, 0.4) is 0 Å². The summed E-state index contributed by atoms with van der Waals surface area (Å²) in [6, 6.07) is 6.79. The molecule has 0 saturated carbocycles. The number of aryl methyl sites for hydroxylation is 1. The van der Waals surface area contributed by atoms with Crippen LogP contribution in [-0.2, 0) is 0 Å². The summed E-state index contributed by atoms with van der Waals surface area (Å²) < 4.78 is 0. The predicted molar refractivity (Wildman–Crippen MR) is 68.4 cm³/mol. The number of hydrogen-bond acceptors (Lipinski definition) is 2. The zero-order chi connectivity index (χ0) is 11.4. The SMILES string of the molecule is CCCC(C)N(C)c1ccc(C)cc1N. The summed E-state index contributed by atoms with van der Waals surface area (Å²) in [5.74, 6) is 0. The summed E-state index contributed by atoms with van der Waals surface area (Å²) in [5.41, 5.74) is 9.25. The van der Waals surface area contributed by atoms with Gasteiger partial charge in [-0.1, -0.05) is 19.4 Å². The molecule has 1 atom stereocenters. The standard InChI is InChI=1S/C13H22N2/c1-5-6-11(3)15(4)13-8-7-10(2)9-12(13)14/h7-9,11H,5-6,14H2,1-4H3. The van der Waals surface area contributed by atoms with Crippen LogP contribution in [0, 0.1) is 6.92 Å². The monoisotopic (exact) mass is 206 g/mol. The van der Waals surface area contributed by atoms with Gasteiger partial charge in [-0.15, -0.1) is 0 Å². The Morgan fingerprint density at radius 1 is 1.40 bits per heavy atom. The van der Waals surface area contributed by atoms with Crippen LogP contribution in [0.1, 0.15) is 32.3 Å². The highest BCUT2D eigenvalue weighted by atomic mass is 15.1. The second kappa shape index (κ2) is 5.06. The second-order valence-corrected chi connectivity index (χ2v) is 4.31. The van der Waals surface area contributed by atoms with E-state index in [9.17, 15) is 0 Å². The molecule has 2 N–H and O–H groups in total. The molecule has 0 spiro atoms. The van der Waals surface area contributed by atoms with Crippen LogP contribution in [-0.4, -0.2) is 13.1 Å². The maximum absolute atomic E-state index is 6.01. The maximum Gasteiger partial charge on any atom is 0.0599 e. The first-order valence-electron chi connectivity index (χ1n) is 5.65. The molecule has 1 unspecified atom stereocenters. The smallest absolute Gasteiger partial charge is 0.0599 e. The molecule has 0 aromatic heterocycles. The third kappa shape index (κ3) is 2.88. The second-order valence-electron chi connectivity index (χ2n) is 4.31. The minimum Gasteiger partial charge on any atom is -0.397 e. The van der Waals surface area contributed by atoms with Gasteiger partial charge in [0.2, 0.25) is 0 Å². The van der Waals surface area contributed by atoms with Gasteiger partial charge in [0.15, 0.2) is 0 Å². The molecule has 0 aliphatic heterocycles. The van der Waals surface area contributed by atoms with E-state index in [4.69, 9.17) is 5.73 Å². The molecular formula is C13H22N2. The van der Waals surface area contributed by atoms with E-state index in [2.05, 4.69) is 44.9 Å². The minimum absolute atomic E-state index is 0.542. The molecule has 0 bridgehead atoms. The fraction of sp³-hybridized carbons (Fsp3) is 0.538. The van der Waals surface area contributed by atoms with E-state index in [-0.39, 0.29) is 0 Å². The van der Waals surface area contributed by atoms with Crippen molar-refractivity contribution in [3.63, 3.8) is 0 Å². The highest BCUT2D eigenvalue weighted by molar-refractivity contribution is 5.68. The normalized spacial score (nSPS) is 12.5. The highest BCUT2D eigenvalue weighted by Gasteiger charge is 2.11. The molecule has 1 aromatic carbocycles. The molecule has 0 saturated heterocycles. The summed E-state index contributed by atoms with van der Waals surface area (Å²) in [4.78, 5) is 2.26. The number of rotatable bonds is 4. The Hall–Kier alpha value is -1.18. The van der Waals surface area contributed by atoms with Crippen molar-refractivity contribution in [3.05, 3.63) is 23.8 Å². The Morgan fingerprint density at radius 2 is 2.07 bits per heavy atom. The maximum atomic E-state index is 6.01. The molecule has 15 heavy (non-hydrogen) atoms. The fourth-order valence-electron chi connectivity index (χ4n) is 1.84. The summed E-state index contributed by atoms with van der Waals surface area (Å²) in [6.07, 6.45) is 2.40. The van der Waals surface area contributed by atoms with Crippen LogP contribution in [0.15, 0.2) is 18.2 Å². The molecule has 0 amide bonds. The number of anilines is 2. The fourth-order valence-corrected chi connectivity index (χ4v) is 1.84. The predicted octanol–water partition coefficient (Wildman–Crippen LogP) is 3.20. The Kier molecular flexibility index (Phi) is 4.01. The van der Waals surface area contributed by atoms with E-state index in [0.29, 0.717) is 6.04 Å². The lowest BCUT2D eigenvalue weighted by molar-refractivity contribution is 0.616. The Bertz CT molecular complexity index is 320. The number of benzene rings is 1. The van der Waals surface area contributed by atoms with Crippen molar-refractivity contribution in [3.8, 4) is 0 Å². The van der Waals surface area contributed by atoms with Crippen molar-refractivity contribution >= 4 is 11.4 Å². The summed E-state index contributed by atoms with van der Waals surface area (Å²) in [5, 5.41) is 0. The van der Waals surface area contributed by atoms with Crippen LogP contribution < -0.4 is 10.6 Å². The van der Waals surface area contributed by atoms with Gasteiger partial charge in [0.05, 0.1) is 11.4 Å². The molecule has 1 rings (SSSR count). The van der Waals surface area contributed by atoms with E-state index in [0.717, 1.165) is 11.4 Å². The van der Waals surface area contributed by atoms with E-state index in [1.165, 1.54) is 18.4 Å². The number of nitrogen functional groups attached to an aromatic ring is 1. The van der Waals surface area contributed by atoms with Crippen LogP contribution in [0.4, 0.5) is 11.4 Å². The van der Waals surface area contributed by atoms with Crippen molar-refractivity contribution in [2.45, 2.75) is 39.7 Å². The summed E-state index contributed by atoms with van der Waals surface area (Å²) >= 11 is 0. The van der Waals surface area contributed by atoms with Crippen molar-refractivity contribution in [2.24, 2.45) is 0 Å². The molecule has 2 heteroatoms. The number of nitrogens with zero attached hydrogens (tertiary/aromatic N) is 1. The first-order chi connectivity index (χ1) is 7.06. The van der Waals surface area contributed by atoms with E-state index < -0.39 is 0 Å². The zero-order valence-electron chi connectivity index (χ0n) is 10.2. The van der Waals surface area contributed by atoms with Crippen LogP contribution in [0.2, 0.25) is 0 Å². The third-order valence-corrected chi connectivity index (χ3v) is 2.93. The van der Waals surface area contributed by atoms with Gasteiger partial charge in [-0.2, -0.15) is 0 Å². The molecular weight excluding hydrogens is 184 g/mol. The van der Waals surface area contributed by atoms with Gasteiger partial charge in [-0.25, -0.2) is 0 Å². The number of nitrogens with two attached hydrogens (primary N) is 1. The van der Waals surface area contributed by atoms with Crippen molar-refractivity contribution < 1.29 is 0 Å². The van der Waals surface area contributed by atoms with Gasteiger partial charge in [0.1, 0.15) is 0 Å². The summed E-state index contributed by atoms with van der Waals surface area (Å²) in [7, 11) is 2.11. The van der Waals surface area contributed by atoms with Crippen molar-refractivity contribution in [1.82, 2.24) is 0 Å². The number of hydrogen-bond donors (Lipinski definition) is 1. The van der Waals surface area contributed by atoms with Gasteiger partial charge >= 0.3 is 0 Å². The first kappa shape index (κ1) is 11.9. The Morgan fingerprint density at radius 3 is 2.60 bits per heavy atom. The van der Waals surface area contributed by atoms with Crippen molar-refractivity contribution in [2.75, 3.05) is 17.7 Å². The highest BCUT2D eigenvalue weighted by Crippen LogP contribution is 2.25. The Labute approximate surface area is 93.1 Å². The van der Waals surface area contributed by atoms with Crippen LogP contribution in [0.25, 0.3) is 0 Å². The van der Waals surface area contributed by atoms with Gasteiger partial charge in [-0.3, -0.25) is 0 Å². The molecule has 0 aliphatic carbocycles. The Balaban J connectivity index is 2.86. The molecule has 84 valence electrons. The first-order valence-corrected chi connectivity index (χ1v) is 5.65. The lowest BCUT2D eigenvalue weighted by atomic mass is 10.1. The van der Waals surface area contributed by atoms with Gasteiger partial charge in [0.25, 0.3) is 0 Å². The van der Waals surface area contributed by atoms with Crippen molar-refractivity contribution in [1.29, 1.82) is 0 Å². The summed E-state index contributed by atoms with van der Waals surface area (Å²) in [6.45, 7) is 6.52. The molecule has 0 radical (unpaired) electrons. The molecule has 0 aliphatic rings. The van der Waals surface area contributed by atoms with Crippen LogP contribution >= 0.6 is 0 Å². The minimum atomic E-state index is 0.542. The largest absolute Gasteiger partial charge is 0.397 e. The quantitative estimate of drug-likeness (QED) is 0.766. The van der Waals surface area contributed by atoms with Crippen LogP contribution in [0.5, 0.6) is 0 Å². The average Bonchev–Trinajstić information content (AvgIpc) is 2.17. The molecule has 0 heterocycles. The van der Waals surface area contributed by atoms with Gasteiger partial charge < -0.3 is 10.6 Å². The molecule has 2 nitrogen and oxygen atoms in total.